The number of aliphatic imine (C=N–C) groups is 1. The predicted octanol–water partition coefficient (Wildman–Crippen LogP) is 4.77. The standard InChI is InChI=1S/C26H26ClN3O4S/c1-3-34-25(32)22-23(17-7-5-4-6-8-17)29-26-30(24(22)18-9-11-19(27)12-10-18)20(16-35-26)15-21(31)28-13-14-33-2/h4-12,16,24H,3,13-15H2,1-2H3,(H,28,31). The Balaban J connectivity index is 1.80. The highest BCUT2D eigenvalue weighted by atomic mass is 35.5. The second-order valence-corrected chi connectivity index (χ2v) is 9.09. The van der Waals surface area contributed by atoms with Gasteiger partial charge in [-0.05, 0) is 30.0 Å². The highest BCUT2D eigenvalue weighted by Crippen LogP contribution is 2.47. The highest BCUT2D eigenvalue weighted by molar-refractivity contribution is 8.16. The second-order valence-electron chi connectivity index (χ2n) is 7.81. The molecule has 0 bridgehead atoms. The van der Waals surface area contributed by atoms with Gasteiger partial charge in [0.05, 0.1) is 36.9 Å². The third kappa shape index (κ3) is 5.61. The molecule has 2 aromatic carbocycles. The summed E-state index contributed by atoms with van der Waals surface area (Å²) >= 11 is 7.60. The van der Waals surface area contributed by atoms with Crippen molar-refractivity contribution in [3.05, 3.63) is 87.4 Å². The van der Waals surface area contributed by atoms with Gasteiger partial charge in [-0.15, -0.1) is 0 Å². The van der Waals surface area contributed by atoms with Crippen LogP contribution in [0, 0.1) is 0 Å². The largest absolute Gasteiger partial charge is 0.463 e. The maximum atomic E-state index is 13.4. The van der Waals surface area contributed by atoms with Crippen LogP contribution >= 0.6 is 23.4 Å². The van der Waals surface area contributed by atoms with Crippen LogP contribution in [-0.2, 0) is 19.1 Å². The number of amides is 1. The van der Waals surface area contributed by atoms with Crippen LogP contribution in [0.25, 0.3) is 5.70 Å². The van der Waals surface area contributed by atoms with E-state index in [-0.39, 0.29) is 18.9 Å². The Labute approximate surface area is 213 Å². The smallest absolute Gasteiger partial charge is 0.338 e. The summed E-state index contributed by atoms with van der Waals surface area (Å²) in [5, 5.41) is 6.05. The van der Waals surface area contributed by atoms with Crippen LogP contribution in [0.1, 0.15) is 30.5 Å². The van der Waals surface area contributed by atoms with Gasteiger partial charge in [0.15, 0.2) is 5.17 Å². The van der Waals surface area contributed by atoms with Gasteiger partial charge >= 0.3 is 5.97 Å². The normalized spacial score (nSPS) is 17.0. The summed E-state index contributed by atoms with van der Waals surface area (Å²) in [5.41, 5.74) is 3.37. The van der Waals surface area contributed by atoms with E-state index in [0.717, 1.165) is 16.8 Å². The highest BCUT2D eigenvalue weighted by Gasteiger charge is 2.42. The van der Waals surface area contributed by atoms with Crippen LogP contribution in [-0.4, -0.2) is 48.8 Å². The average molecular weight is 512 g/mol. The molecule has 1 unspecified atom stereocenters. The molecule has 1 atom stereocenters. The molecule has 0 aromatic heterocycles. The fourth-order valence-electron chi connectivity index (χ4n) is 3.97. The van der Waals surface area contributed by atoms with Crippen molar-refractivity contribution in [2.24, 2.45) is 4.99 Å². The Morgan fingerprint density at radius 2 is 1.89 bits per heavy atom. The van der Waals surface area contributed by atoms with Crippen LogP contribution in [0.5, 0.6) is 0 Å². The number of ether oxygens (including phenoxy) is 2. The van der Waals surface area contributed by atoms with Crippen molar-refractivity contribution in [2.45, 2.75) is 19.4 Å². The number of benzene rings is 2. The Morgan fingerprint density at radius 3 is 2.57 bits per heavy atom. The van der Waals surface area contributed by atoms with Crippen molar-refractivity contribution in [1.29, 1.82) is 0 Å². The summed E-state index contributed by atoms with van der Waals surface area (Å²) in [6.45, 7) is 2.85. The van der Waals surface area contributed by atoms with E-state index in [0.29, 0.717) is 34.6 Å². The summed E-state index contributed by atoms with van der Waals surface area (Å²) in [6.07, 6.45) is 0.136. The van der Waals surface area contributed by atoms with E-state index >= 15 is 0 Å². The first-order valence-electron chi connectivity index (χ1n) is 11.2. The second kappa shape index (κ2) is 11.6. The van der Waals surface area contributed by atoms with Crippen LogP contribution in [0.3, 0.4) is 0 Å². The number of nitrogens with one attached hydrogen (secondary N) is 1. The molecule has 35 heavy (non-hydrogen) atoms. The third-order valence-electron chi connectivity index (χ3n) is 5.51. The fraction of sp³-hybridized carbons (Fsp3) is 0.269. The number of thioether (sulfide) groups is 1. The van der Waals surface area contributed by atoms with Gasteiger partial charge in [0.25, 0.3) is 0 Å². The van der Waals surface area contributed by atoms with Gasteiger partial charge in [-0.2, -0.15) is 0 Å². The Morgan fingerprint density at radius 1 is 1.14 bits per heavy atom. The van der Waals surface area contributed by atoms with Crippen molar-refractivity contribution in [2.75, 3.05) is 26.9 Å². The molecule has 2 aromatic rings. The lowest BCUT2D eigenvalue weighted by Crippen LogP contribution is -2.38. The predicted molar refractivity (Wildman–Crippen MR) is 139 cm³/mol. The monoisotopic (exact) mass is 511 g/mol. The Hall–Kier alpha value is -3.07. The van der Waals surface area contributed by atoms with Crippen LogP contribution < -0.4 is 5.32 Å². The van der Waals surface area contributed by atoms with Crippen molar-refractivity contribution in [3.8, 4) is 0 Å². The number of methoxy groups -OCH3 is 1. The minimum atomic E-state index is -0.540. The van der Waals surface area contributed by atoms with Crippen molar-refractivity contribution >= 4 is 46.1 Å². The topological polar surface area (TPSA) is 80.2 Å². The van der Waals surface area contributed by atoms with E-state index in [4.69, 9.17) is 26.1 Å². The molecule has 2 aliphatic heterocycles. The zero-order valence-corrected chi connectivity index (χ0v) is 21.1. The zero-order chi connectivity index (χ0) is 24.8. The number of amidine groups is 1. The molecule has 4 rings (SSSR count). The van der Waals surface area contributed by atoms with Crippen molar-refractivity contribution in [1.82, 2.24) is 10.2 Å². The minimum Gasteiger partial charge on any atom is -0.463 e. The van der Waals surface area contributed by atoms with Crippen molar-refractivity contribution < 1.29 is 19.1 Å². The third-order valence-corrected chi connectivity index (χ3v) is 6.65. The Kier molecular flexibility index (Phi) is 8.28. The van der Waals surface area contributed by atoms with Gasteiger partial charge in [-0.1, -0.05) is 65.8 Å². The molecule has 1 amide bonds. The Bertz CT molecular complexity index is 1180. The van der Waals surface area contributed by atoms with Crippen LogP contribution in [0.4, 0.5) is 0 Å². The van der Waals surface area contributed by atoms with Gasteiger partial charge in [-0.25, -0.2) is 9.79 Å². The lowest BCUT2D eigenvalue weighted by Gasteiger charge is -2.36. The number of hydrogen-bond acceptors (Lipinski definition) is 7. The molecule has 9 heteroatoms. The summed E-state index contributed by atoms with van der Waals surface area (Å²) in [4.78, 5) is 32.9. The summed E-state index contributed by atoms with van der Waals surface area (Å²) < 4.78 is 10.5. The average Bonchev–Trinajstić information content (AvgIpc) is 3.26. The number of esters is 1. The molecule has 1 N–H and O–H groups in total. The van der Waals surface area contributed by atoms with Crippen LogP contribution in [0.15, 0.2) is 76.3 Å². The summed E-state index contributed by atoms with van der Waals surface area (Å²) in [5.74, 6) is -0.588. The SMILES string of the molecule is CCOC(=O)C1=C(c2ccccc2)N=C2SC=C(CC(=O)NCCOC)N2C1c1ccc(Cl)cc1. The molecule has 182 valence electrons. The van der Waals surface area contributed by atoms with Gasteiger partial charge in [0, 0.05) is 29.9 Å². The van der Waals surface area contributed by atoms with E-state index in [2.05, 4.69) is 5.32 Å². The first kappa shape index (κ1) is 25.0. The molecular weight excluding hydrogens is 486 g/mol. The molecule has 7 nitrogen and oxygen atoms in total. The summed E-state index contributed by atoms with van der Waals surface area (Å²) in [7, 11) is 1.59. The summed E-state index contributed by atoms with van der Waals surface area (Å²) in [6, 6.07) is 16.4. The number of carbonyl (C=O) groups excluding carboxylic acids is 2. The molecule has 0 saturated carbocycles. The number of hydrogen-bond donors (Lipinski definition) is 1. The molecule has 0 saturated heterocycles. The molecule has 2 aliphatic rings. The van der Waals surface area contributed by atoms with E-state index in [1.165, 1.54) is 11.8 Å². The minimum absolute atomic E-state index is 0.136. The van der Waals surface area contributed by atoms with Gasteiger partial charge < -0.3 is 19.7 Å². The lowest BCUT2D eigenvalue weighted by atomic mass is 9.91. The molecule has 0 radical (unpaired) electrons. The quantitative estimate of drug-likeness (QED) is 0.386. The molecule has 0 aliphatic carbocycles. The molecule has 2 heterocycles. The first-order valence-corrected chi connectivity index (χ1v) is 12.5. The fourth-order valence-corrected chi connectivity index (χ4v) is 5.01. The molecular formula is C26H26ClN3O4S. The number of halogens is 1. The number of fused-ring (bicyclic) bond motifs is 1. The maximum absolute atomic E-state index is 13.4. The van der Waals surface area contributed by atoms with Crippen molar-refractivity contribution in [3.63, 3.8) is 0 Å². The van der Waals surface area contributed by atoms with E-state index < -0.39 is 12.0 Å². The number of nitrogens with zero attached hydrogens (tertiary/aromatic N) is 2. The zero-order valence-electron chi connectivity index (χ0n) is 19.5. The van der Waals surface area contributed by atoms with E-state index in [1.54, 1.807) is 26.2 Å². The van der Waals surface area contributed by atoms with E-state index in [9.17, 15) is 9.59 Å². The first-order chi connectivity index (χ1) is 17.0. The van der Waals surface area contributed by atoms with Gasteiger partial charge in [0.2, 0.25) is 5.91 Å². The van der Waals surface area contributed by atoms with Gasteiger partial charge in [-0.3, -0.25) is 4.79 Å². The maximum Gasteiger partial charge on any atom is 0.338 e. The van der Waals surface area contributed by atoms with Gasteiger partial charge in [0.1, 0.15) is 0 Å². The number of carbonyl (C=O) groups is 2. The van der Waals surface area contributed by atoms with Crippen LogP contribution in [0.2, 0.25) is 5.02 Å². The molecule has 0 fully saturated rings. The molecule has 0 spiro atoms. The van der Waals surface area contributed by atoms with E-state index in [1.807, 2.05) is 52.8 Å². The number of rotatable bonds is 9. The lowest BCUT2D eigenvalue weighted by molar-refractivity contribution is -0.139.